The maximum atomic E-state index is 6.00. The molecule has 0 saturated heterocycles. The number of nitrogens with zero attached hydrogens (tertiary/aromatic N) is 1. The van der Waals surface area contributed by atoms with Crippen LogP contribution in [-0.2, 0) is 11.3 Å². The Hall–Kier alpha value is -0.770. The number of rotatable bonds is 7. The molecule has 2 N–H and O–H groups in total. The summed E-state index contributed by atoms with van der Waals surface area (Å²) in [6.07, 6.45) is 0. The Bertz CT molecular complexity index is 344. The molecule has 0 aromatic heterocycles. The van der Waals surface area contributed by atoms with Crippen molar-refractivity contribution in [3.8, 4) is 0 Å². The van der Waals surface area contributed by atoms with E-state index in [9.17, 15) is 0 Å². The number of nitrogen functional groups attached to an aromatic ring is 1. The van der Waals surface area contributed by atoms with Gasteiger partial charge in [-0.15, -0.1) is 0 Å². The van der Waals surface area contributed by atoms with Crippen molar-refractivity contribution >= 4 is 17.3 Å². The van der Waals surface area contributed by atoms with Gasteiger partial charge in [0.15, 0.2) is 0 Å². The highest BCUT2D eigenvalue weighted by molar-refractivity contribution is 6.33. The molecule has 3 nitrogen and oxygen atoms in total. The number of anilines is 1. The second-order valence-electron chi connectivity index (χ2n) is 3.92. The predicted octanol–water partition coefficient (Wildman–Crippen LogP) is 2.78. The number of hydrogen-bond acceptors (Lipinski definition) is 3. The van der Waals surface area contributed by atoms with Crippen LogP contribution in [0.4, 0.5) is 5.69 Å². The van der Waals surface area contributed by atoms with E-state index in [1.54, 1.807) is 0 Å². The minimum atomic E-state index is 0.628. The fourth-order valence-electron chi connectivity index (χ4n) is 1.61. The number of hydrogen-bond donors (Lipinski definition) is 1. The SMILES string of the molecule is CCOCCN(CC)Cc1ccc(N)c(Cl)c1. The maximum Gasteiger partial charge on any atom is 0.0638 e. The number of ether oxygens (including phenoxy) is 1. The Morgan fingerprint density at radius 2 is 2.12 bits per heavy atom. The molecule has 0 saturated carbocycles. The van der Waals surface area contributed by atoms with E-state index in [0.29, 0.717) is 10.7 Å². The largest absolute Gasteiger partial charge is 0.398 e. The molecule has 0 fully saturated rings. The summed E-state index contributed by atoms with van der Waals surface area (Å²) >= 11 is 6.00. The minimum Gasteiger partial charge on any atom is -0.398 e. The first-order valence-corrected chi connectivity index (χ1v) is 6.39. The molecule has 0 bridgehead atoms. The lowest BCUT2D eigenvalue weighted by molar-refractivity contribution is 0.113. The fraction of sp³-hybridized carbons (Fsp3) is 0.538. The Morgan fingerprint density at radius 1 is 1.35 bits per heavy atom. The van der Waals surface area contributed by atoms with E-state index < -0.39 is 0 Å². The van der Waals surface area contributed by atoms with Crippen molar-refractivity contribution in [2.45, 2.75) is 20.4 Å². The van der Waals surface area contributed by atoms with Gasteiger partial charge < -0.3 is 10.5 Å². The molecule has 0 aliphatic carbocycles. The molecule has 0 unspecified atom stereocenters. The van der Waals surface area contributed by atoms with Crippen LogP contribution in [0.15, 0.2) is 18.2 Å². The quantitative estimate of drug-likeness (QED) is 0.602. The average Bonchev–Trinajstić information content (AvgIpc) is 2.32. The minimum absolute atomic E-state index is 0.628. The van der Waals surface area contributed by atoms with Crippen molar-refractivity contribution in [3.05, 3.63) is 28.8 Å². The summed E-state index contributed by atoms with van der Waals surface area (Å²) in [6, 6.07) is 5.80. The molecule has 1 aromatic carbocycles. The molecular weight excluding hydrogens is 236 g/mol. The Kier molecular flexibility index (Phi) is 6.34. The van der Waals surface area contributed by atoms with E-state index in [-0.39, 0.29) is 0 Å². The van der Waals surface area contributed by atoms with Gasteiger partial charge in [0.05, 0.1) is 17.3 Å². The van der Waals surface area contributed by atoms with Crippen molar-refractivity contribution in [2.24, 2.45) is 0 Å². The third kappa shape index (κ3) is 4.94. The van der Waals surface area contributed by atoms with Gasteiger partial charge in [-0.2, -0.15) is 0 Å². The first-order valence-electron chi connectivity index (χ1n) is 6.01. The molecule has 0 radical (unpaired) electrons. The average molecular weight is 257 g/mol. The van der Waals surface area contributed by atoms with Crippen LogP contribution in [0.2, 0.25) is 5.02 Å². The third-order valence-electron chi connectivity index (χ3n) is 2.67. The van der Waals surface area contributed by atoms with Gasteiger partial charge in [0.1, 0.15) is 0 Å². The molecule has 96 valence electrons. The van der Waals surface area contributed by atoms with E-state index in [1.165, 1.54) is 5.56 Å². The normalized spacial score (nSPS) is 11.1. The molecule has 0 atom stereocenters. The first kappa shape index (κ1) is 14.3. The summed E-state index contributed by atoms with van der Waals surface area (Å²) in [7, 11) is 0. The molecule has 0 aliphatic heterocycles. The molecule has 0 heterocycles. The van der Waals surface area contributed by atoms with Gasteiger partial charge in [0.25, 0.3) is 0 Å². The zero-order valence-electron chi connectivity index (χ0n) is 10.6. The van der Waals surface area contributed by atoms with Crippen LogP contribution in [-0.4, -0.2) is 31.2 Å². The Labute approximate surface area is 109 Å². The first-order chi connectivity index (χ1) is 8.17. The predicted molar refractivity (Wildman–Crippen MR) is 73.3 cm³/mol. The zero-order chi connectivity index (χ0) is 12.7. The Morgan fingerprint density at radius 3 is 2.71 bits per heavy atom. The molecule has 1 rings (SSSR count). The molecule has 0 aliphatic rings. The van der Waals surface area contributed by atoms with Gasteiger partial charge in [-0.1, -0.05) is 24.6 Å². The third-order valence-corrected chi connectivity index (χ3v) is 3.00. The molecule has 0 spiro atoms. The molecular formula is C13H21ClN2O. The molecule has 17 heavy (non-hydrogen) atoms. The maximum absolute atomic E-state index is 6.00. The highest BCUT2D eigenvalue weighted by Crippen LogP contribution is 2.20. The van der Waals surface area contributed by atoms with Crippen LogP contribution in [0.3, 0.4) is 0 Å². The van der Waals surface area contributed by atoms with Gasteiger partial charge >= 0.3 is 0 Å². The van der Waals surface area contributed by atoms with Crippen molar-refractivity contribution < 1.29 is 4.74 Å². The van der Waals surface area contributed by atoms with E-state index in [1.807, 2.05) is 25.1 Å². The lowest BCUT2D eigenvalue weighted by Crippen LogP contribution is -2.27. The molecule has 0 amide bonds. The zero-order valence-corrected chi connectivity index (χ0v) is 11.3. The molecule has 4 heteroatoms. The smallest absolute Gasteiger partial charge is 0.0638 e. The Balaban J connectivity index is 2.51. The topological polar surface area (TPSA) is 38.5 Å². The summed E-state index contributed by atoms with van der Waals surface area (Å²) < 4.78 is 5.36. The van der Waals surface area contributed by atoms with Crippen LogP contribution in [0.5, 0.6) is 0 Å². The van der Waals surface area contributed by atoms with E-state index in [0.717, 1.165) is 32.8 Å². The lowest BCUT2D eigenvalue weighted by Gasteiger charge is -2.20. The summed E-state index contributed by atoms with van der Waals surface area (Å²) in [5, 5.41) is 0.628. The summed E-state index contributed by atoms with van der Waals surface area (Å²) in [5.41, 5.74) is 7.50. The summed E-state index contributed by atoms with van der Waals surface area (Å²) in [4.78, 5) is 2.32. The van der Waals surface area contributed by atoms with E-state index in [2.05, 4.69) is 11.8 Å². The van der Waals surface area contributed by atoms with E-state index in [4.69, 9.17) is 22.1 Å². The van der Waals surface area contributed by atoms with Crippen LogP contribution in [0, 0.1) is 0 Å². The lowest BCUT2D eigenvalue weighted by atomic mass is 10.2. The number of likely N-dealkylation sites (N-methyl/N-ethyl adjacent to an activating group) is 1. The fourth-order valence-corrected chi connectivity index (χ4v) is 1.82. The second-order valence-corrected chi connectivity index (χ2v) is 4.33. The highest BCUT2D eigenvalue weighted by Gasteiger charge is 2.05. The van der Waals surface area contributed by atoms with Crippen molar-refractivity contribution in [1.82, 2.24) is 4.90 Å². The van der Waals surface area contributed by atoms with Gasteiger partial charge in [0, 0.05) is 19.7 Å². The number of nitrogens with two attached hydrogens (primary N) is 1. The monoisotopic (exact) mass is 256 g/mol. The standard InChI is InChI=1S/C13H21ClN2O/c1-3-16(7-8-17-4-2)10-11-5-6-13(15)12(14)9-11/h5-6,9H,3-4,7-8,10,15H2,1-2H3. The van der Waals surface area contributed by atoms with Crippen molar-refractivity contribution in [1.29, 1.82) is 0 Å². The molecule has 1 aromatic rings. The summed E-state index contributed by atoms with van der Waals surface area (Å²) in [5.74, 6) is 0. The number of benzene rings is 1. The highest BCUT2D eigenvalue weighted by atomic mass is 35.5. The second kappa shape index (κ2) is 7.54. The van der Waals surface area contributed by atoms with Gasteiger partial charge in [-0.25, -0.2) is 0 Å². The van der Waals surface area contributed by atoms with Gasteiger partial charge in [-0.3, -0.25) is 4.90 Å². The van der Waals surface area contributed by atoms with Crippen LogP contribution < -0.4 is 5.73 Å². The van der Waals surface area contributed by atoms with Crippen LogP contribution >= 0.6 is 11.6 Å². The van der Waals surface area contributed by atoms with Gasteiger partial charge in [0.2, 0.25) is 0 Å². The summed E-state index contributed by atoms with van der Waals surface area (Å²) in [6.45, 7) is 8.50. The van der Waals surface area contributed by atoms with Crippen LogP contribution in [0.25, 0.3) is 0 Å². The van der Waals surface area contributed by atoms with Gasteiger partial charge in [-0.05, 0) is 31.2 Å². The number of halogens is 1. The van der Waals surface area contributed by atoms with Crippen LogP contribution in [0.1, 0.15) is 19.4 Å². The van der Waals surface area contributed by atoms with Crippen molar-refractivity contribution in [2.75, 3.05) is 32.0 Å². The van der Waals surface area contributed by atoms with E-state index >= 15 is 0 Å². The van der Waals surface area contributed by atoms with Crippen molar-refractivity contribution in [3.63, 3.8) is 0 Å².